The number of hydrogen-bond acceptors (Lipinski definition) is 9. The molecular weight excluding hydrogens is 639 g/mol. The quantitative estimate of drug-likeness (QED) is 0.190. The van der Waals surface area contributed by atoms with Crippen molar-refractivity contribution in [2.24, 2.45) is 11.8 Å². The molecule has 0 spiro atoms. The highest BCUT2D eigenvalue weighted by Crippen LogP contribution is 2.36. The van der Waals surface area contributed by atoms with Gasteiger partial charge in [0.15, 0.2) is 5.78 Å². The number of aromatic nitrogens is 4. The van der Waals surface area contributed by atoms with Gasteiger partial charge in [0.2, 0.25) is 0 Å². The number of aryl methyl sites for hydroxylation is 1. The summed E-state index contributed by atoms with van der Waals surface area (Å²) in [4.78, 5) is 43.1. The molecule has 6 rings (SSSR count). The van der Waals surface area contributed by atoms with Crippen molar-refractivity contribution in [1.82, 2.24) is 18.9 Å². The molecule has 11 nitrogen and oxygen atoms in total. The van der Waals surface area contributed by atoms with Crippen molar-refractivity contribution in [2.45, 2.75) is 78.2 Å². The number of ether oxygens (including phenoxy) is 4. The molecule has 2 saturated heterocycles. The average molecular weight is 683 g/mol. The Balaban J connectivity index is 1.54. The van der Waals surface area contributed by atoms with Crippen molar-refractivity contribution in [1.29, 1.82) is 0 Å². The number of nitrogens with zero attached hydrogens (tertiary/aromatic N) is 4. The molecule has 0 amide bonds. The van der Waals surface area contributed by atoms with E-state index >= 15 is 4.39 Å². The van der Waals surface area contributed by atoms with E-state index in [1.165, 1.54) is 28.0 Å². The van der Waals surface area contributed by atoms with Crippen molar-refractivity contribution >= 4 is 27.3 Å². The Morgan fingerprint density at radius 3 is 2.56 bits per heavy atom. The lowest BCUT2D eigenvalue weighted by atomic mass is 9.91. The van der Waals surface area contributed by atoms with Gasteiger partial charge in [-0.2, -0.15) is 5.10 Å². The normalized spacial score (nSPS) is 16.8. The van der Waals surface area contributed by atoms with Crippen LogP contribution in [-0.4, -0.2) is 63.8 Å². The molecule has 0 radical (unpaired) electrons. The summed E-state index contributed by atoms with van der Waals surface area (Å²) >= 11 is 1.26. The number of Topliss-reactive ketones (excluding diaryl/α,β-unsaturated/α-hetero) is 1. The lowest BCUT2D eigenvalue weighted by Crippen LogP contribution is -2.53. The van der Waals surface area contributed by atoms with Crippen LogP contribution in [0.1, 0.15) is 64.2 Å². The van der Waals surface area contributed by atoms with E-state index < -0.39 is 28.7 Å². The highest BCUT2D eigenvalue weighted by atomic mass is 32.1. The third-order valence-corrected chi connectivity index (χ3v) is 10.4. The standard InChI is InChI=1S/C35H43FN4O7S/c1-21(2)15-29(41)35(4,5)40-31(42)30-22(3)32(39-12-6-11-37-39)48-33(30)38(34(40)43)17-28(47-25-9-13-44-14-10-25)26-16-24(36)7-8-27(26)46-20-23-18-45-19-23/h6-8,11-12,16,21,23,25,28H,9-10,13-15,17-20H2,1-5H3/t28-/m0/s1. The van der Waals surface area contributed by atoms with Gasteiger partial charge in [-0.05, 0) is 63.8 Å². The molecule has 0 unspecified atom stereocenters. The van der Waals surface area contributed by atoms with Crippen LogP contribution in [0.4, 0.5) is 4.39 Å². The van der Waals surface area contributed by atoms with Crippen LogP contribution in [0.25, 0.3) is 15.2 Å². The minimum atomic E-state index is -1.44. The second kappa shape index (κ2) is 14.1. The van der Waals surface area contributed by atoms with Gasteiger partial charge >= 0.3 is 5.69 Å². The number of ketones is 1. The van der Waals surface area contributed by atoms with Crippen molar-refractivity contribution in [3.63, 3.8) is 0 Å². The second-order valence-corrected chi connectivity index (χ2v) is 14.6. The predicted molar refractivity (Wildman–Crippen MR) is 180 cm³/mol. The number of rotatable bonds is 13. The maximum Gasteiger partial charge on any atom is 0.333 e. The molecule has 1 atom stereocenters. The van der Waals surface area contributed by atoms with E-state index in [-0.39, 0.29) is 36.7 Å². The first-order valence-electron chi connectivity index (χ1n) is 16.5. The van der Waals surface area contributed by atoms with Gasteiger partial charge in [0.1, 0.15) is 33.0 Å². The van der Waals surface area contributed by atoms with E-state index in [1.807, 2.05) is 20.8 Å². The minimum absolute atomic E-state index is 0.0304. The molecule has 2 aliphatic heterocycles. The Bertz CT molecular complexity index is 1890. The average Bonchev–Trinajstić information content (AvgIpc) is 3.67. The van der Waals surface area contributed by atoms with Crippen molar-refractivity contribution in [3.8, 4) is 10.8 Å². The zero-order valence-electron chi connectivity index (χ0n) is 28.1. The second-order valence-electron chi connectivity index (χ2n) is 13.6. The molecule has 0 bridgehead atoms. The van der Waals surface area contributed by atoms with Crippen LogP contribution in [0.2, 0.25) is 0 Å². The smallest absolute Gasteiger partial charge is 0.333 e. The van der Waals surface area contributed by atoms with Gasteiger partial charge in [-0.3, -0.25) is 14.2 Å². The zero-order valence-corrected chi connectivity index (χ0v) is 28.9. The predicted octanol–water partition coefficient (Wildman–Crippen LogP) is 5.17. The maximum atomic E-state index is 15.0. The summed E-state index contributed by atoms with van der Waals surface area (Å²) in [6.45, 7) is 11.4. The molecule has 0 saturated carbocycles. The Morgan fingerprint density at radius 2 is 1.92 bits per heavy atom. The van der Waals surface area contributed by atoms with Gasteiger partial charge in [-0.15, -0.1) is 0 Å². The number of fused-ring (bicyclic) bond motifs is 1. The maximum absolute atomic E-state index is 15.0. The van der Waals surface area contributed by atoms with Crippen molar-refractivity contribution in [3.05, 3.63) is 74.4 Å². The molecule has 48 heavy (non-hydrogen) atoms. The first kappa shape index (κ1) is 34.2. The number of benzene rings is 1. The van der Waals surface area contributed by atoms with Crippen LogP contribution in [0.5, 0.6) is 5.75 Å². The van der Waals surface area contributed by atoms with Crippen molar-refractivity contribution < 1.29 is 28.1 Å². The topological polar surface area (TPSA) is 116 Å². The molecule has 0 N–H and O–H groups in total. The summed E-state index contributed by atoms with van der Waals surface area (Å²) in [6.07, 6.45) is 3.81. The van der Waals surface area contributed by atoms with Gasteiger partial charge in [0.05, 0.1) is 37.9 Å². The number of halogens is 1. The Hall–Kier alpha value is -3.65. The van der Waals surface area contributed by atoms with Gasteiger partial charge < -0.3 is 18.9 Å². The van der Waals surface area contributed by atoms with E-state index in [1.54, 1.807) is 43.1 Å². The van der Waals surface area contributed by atoms with Crippen molar-refractivity contribution in [2.75, 3.05) is 33.0 Å². The molecule has 2 fully saturated rings. The van der Waals surface area contributed by atoms with Gasteiger partial charge in [0.25, 0.3) is 5.56 Å². The minimum Gasteiger partial charge on any atom is -0.493 e. The summed E-state index contributed by atoms with van der Waals surface area (Å²) < 4.78 is 43.0. The first-order valence-corrected chi connectivity index (χ1v) is 17.3. The summed E-state index contributed by atoms with van der Waals surface area (Å²) in [5.41, 5.74) is -1.54. The number of carbonyl (C=O) groups excluding carboxylic acids is 1. The summed E-state index contributed by atoms with van der Waals surface area (Å²) in [5, 5.41) is 5.37. The third-order valence-electron chi connectivity index (χ3n) is 9.11. The van der Waals surface area contributed by atoms with E-state index in [2.05, 4.69) is 5.10 Å². The number of carbonyl (C=O) groups is 1. The molecule has 1 aromatic carbocycles. The van der Waals surface area contributed by atoms with Crippen LogP contribution in [0.15, 0.2) is 46.2 Å². The fourth-order valence-electron chi connectivity index (χ4n) is 6.26. The molecule has 3 aromatic heterocycles. The van der Waals surface area contributed by atoms with E-state index in [4.69, 9.17) is 18.9 Å². The third kappa shape index (κ3) is 6.78. The van der Waals surface area contributed by atoms with E-state index in [0.717, 1.165) is 4.57 Å². The lowest BCUT2D eigenvalue weighted by Gasteiger charge is -2.31. The lowest BCUT2D eigenvalue weighted by molar-refractivity contribution is -0.127. The largest absolute Gasteiger partial charge is 0.493 e. The Morgan fingerprint density at radius 1 is 1.17 bits per heavy atom. The summed E-state index contributed by atoms with van der Waals surface area (Å²) in [5.74, 6) is 0.0103. The van der Waals surface area contributed by atoms with Crippen LogP contribution in [-0.2, 0) is 31.1 Å². The molecule has 13 heteroatoms. The number of hydrogen-bond donors (Lipinski definition) is 0. The fraction of sp³-hybridized carbons (Fsp3) is 0.543. The van der Waals surface area contributed by atoms with Crippen LogP contribution in [0, 0.1) is 24.6 Å². The molecule has 0 aliphatic carbocycles. The monoisotopic (exact) mass is 682 g/mol. The highest BCUT2D eigenvalue weighted by molar-refractivity contribution is 7.21. The molecule has 5 heterocycles. The highest BCUT2D eigenvalue weighted by Gasteiger charge is 2.36. The molecule has 258 valence electrons. The number of thiophene rings is 1. The zero-order chi connectivity index (χ0) is 34.2. The molecular formula is C35H43FN4O7S. The van der Waals surface area contributed by atoms with Crippen LogP contribution < -0.4 is 16.0 Å². The van der Waals surface area contributed by atoms with Gasteiger partial charge in [0, 0.05) is 49.1 Å². The Labute approximate surface area is 282 Å². The van der Waals surface area contributed by atoms with Crippen LogP contribution >= 0.6 is 11.3 Å². The van der Waals surface area contributed by atoms with Gasteiger partial charge in [-0.1, -0.05) is 25.2 Å². The van der Waals surface area contributed by atoms with Gasteiger partial charge in [-0.25, -0.2) is 18.4 Å². The SMILES string of the molecule is Cc1c(-n2cccn2)sc2c1c(=O)n(C(C)(C)C(=O)CC(C)C)c(=O)n2C[C@H](OC1CCOCC1)c1cc(F)ccc1OCC1COC1. The molecule has 4 aromatic rings. The summed E-state index contributed by atoms with van der Waals surface area (Å²) in [6, 6.07) is 6.10. The molecule has 2 aliphatic rings. The first-order chi connectivity index (χ1) is 23.0. The van der Waals surface area contributed by atoms with E-state index in [9.17, 15) is 14.4 Å². The Kier molecular flexibility index (Phi) is 10.0. The fourth-order valence-corrected chi connectivity index (χ4v) is 7.50. The summed E-state index contributed by atoms with van der Waals surface area (Å²) in [7, 11) is 0. The van der Waals surface area contributed by atoms with E-state index in [0.29, 0.717) is 78.0 Å². The van der Waals surface area contributed by atoms with Crippen LogP contribution in [0.3, 0.4) is 0 Å².